The normalized spacial score (nSPS) is 10.6. The highest BCUT2D eigenvalue weighted by Crippen LogP contribution is 2.11. The number of benzene rings is 2. The van der Waals surface area contributed by atoms with E-state index in [0.29, 0.717) is 23.6 Å². The first-order valence-electron chi connectivity index (χ1n) is 8.06. The molecule has 0 bridgehead atoms. The van der Waals surface area contributed by atoms with Crippen LogP contribution in [-0.4, -0.2) is 29.5 Å². The summed E-state index contributed by atoms with van der Waals surface area (Å²) in [6, 6.07) is 12.3. The Balaban J connectivity index is 1.66. The molecule has 0 unspecified atom stereocenters. The summed E-state index contributed by atoms with van der Waals surface area (Å²) < 4.78 is 0. The lowest BCUT2D eigenvalue weighted by atomic mass is 10.2. The van der Waals surface area contributed by atoms with E-state index in [1.165, 1.54) is 30.5 Å². The third-order valence-corrected chi connectivity index (χ3v) is 3.73. The number of nitro groups is 1. The molecule has 0 aromatic heterocycles. The number of carbonyl (C=O) groups excluding carboxylic acids is 2. The van der Waals surface area contributed by atoms with E-state index in [9.17, 15) is 19.7 Å². The zero-order chi connectivity index (χ0) is 19.6. The summed E-state index contributed by atoms with van der Waals surface area (Å²) in [5.41, 5.74) is 3.44. The maximum Gasteiger partial charge on any atom is 0.269 e. The summed E-state index contributed by atoms with van der Waals surface area (Å²) in [6.07, 6.45) is 2.13. The van der Waals surface area contributed by atoms with Crippen LogP contribution in [0.4, 0.5) is 5.69 Å². The van der Waals surface area contributed by atoms with Gasteiger partial charge in [0.15, 0.2) is 0 Å². The SMILES string of the molecule is O=C(CCCNC(=O)c1ccc([N+](=O)[O-])cc1)N/N=C/c1ccc(Cl)cc1. The minimum Gasteiger partial charge on any atom is -0.352 e. The van der Waals surface area contributed by atoms with Gasteiger partial charge in [0.2, 0.25) is 5.91 Å². The molecule has 0 heterocycles. The zero-order valence-corrected chi connectivity index (χ0v) is 15.0. The second kappa shape index (κ2) is 10.0. The number of nitro benzene ring substituents is 1. The molecule has 9 heteroatoms. The third kappa shape index (κ3) is 6.87. The Hall–Kier alpha value is -3.26. The summed E-state index contributed by atoms with van der Waals surface area (Å²) in [4.78, 5) is 33.6. The Morgan fingerprint density at radius 3 is 2.41 bits per heavy atom. The van der Waals surface area contributed by atoms with Crippen molar-refractivity contribution >= 4 is 35.3 Å². The minimum atomic E-state index is -0.532. The van der Waals surface area contributed by atoms with Crippen LogP contribution in [0.25, 0.3) is 0 Å². The molecule has 0 radical (unpaired) electrons. The number of carbonyl (C=O) groups is 2. The Bertz CT molecular complexity index is 835. The van der Waals surface area contributed by atoms with E-state index in [1.807, 2.05) is 0 Å². The van der Waals surface area contributed by atoms with E-state index in [-0.39, 0.29) is 23.9 Å². The van der Waals surface area contributed by atoms with Gasteiger partial charge in [-0.05, 0) is 36.2 Å². The molecule has 27 heavy (non-hydrogen) atoms. The number of halogens is 1. The van der Waals surface area contributed by atoms with Crippen LogP contribution >= 0.6 is 11.6 Å². The van der Waals surface area contributed by atoms with E-state index < -0.39 is 4.92 Å². The van der Waals surface area contributed by atoms with Crippen LogP contribution < -0.4 is 10.7 Å². The van der Waals surface area contributed by atoms with Gasteiger partial charge in [-0.15, -0.1) is 0 Å². The van der Waals surface area contributed by atoms with Gasteiger partial charge in [-0.25, -0.2) is 5.43 Å². The van der Waals surface area contributed by atoms with Crippen LogP contribution in [0.15, 0.2) is 53.6 Å². The summed E-state index contributed by atoms with van der Waals surface area (Å²) in [6.45, 7) is 0.296. The lowest BCUT2D eigenvalue weighted by Gasteiger charge is -2.05. The molecule has 0 aliphatic rings. The molecular formula is C18H17ClN4O4. The van der Waals surface area contributed by atoms with Crippen LogP contribution in [0.1, 0.15) is 28.8 Å². The van der Waals surface area contributed by atoms with E-state index in [0.717, 1.165) is 5.56 Å². The van der Waals surface area contributed by atoms with Crippen molar-refractivity contribution in [2.45, 2.75) is 12.8 Å². The van der Waals surface area contributed by atoms with E-state index in [4.69, 9.17) is 11.6 Å². The minimum absolute atomic E-state index is 0.0811. The highest BCUT2D eigenvalue weighted by atomic mass is 35.5. The molecule has 0 saturated heterocycles. The Morgan fingerprint density at radius 2 is 1.78 bits per heavy atom. The van der Waals surface area contributed by atoms with Crippen LogP contribution in [0, 0.1) is 10.1 Å². The molecule has 2 rings (SSSR count). The van der Waals surface area contributed by atoms with Gasteiger partial charge in [0, 0.05) is 35.7 Å². The molecule has 2 aromatic carbocycles. The number of nitrogens with zero attached hydrogens (tertiary/aromatic N) is 2. The van der Waals surface area contributed by atoms with Crippen molar-refractivity contribution in [3.8, 4) is 0 Å². The zero-order valence-electron chi connectivity index (χ0n) is 14.2. The highest BCUT2D eigenvalue weighted by molar-refractivity contribution is 6.30. The first-order valence-corrected chi connectivity index (χ1v) is 8.43. The first kappa shape index (κ1) is 20.1. The second-order valence-corrected chi connectivity index (χ2v) is 5.94. The Morgan fingerprint density at radius 1 is 1.11 bits per heavy atom. The van der Waals surface area contributed by atoms with Crippen molar-refractivity contribution in [3.05, 3.63) is 74.8 Å². The van der Waals surface area contributed by atoms with Crippen LogP contribution in [0.3, 0.4) is 0 Å². The molecule has 0 aliphatic heterocycles. The van der Waals surface area contributed by atoms with Gasteiger partial charge in [0.25, 0.3) is 11.6 Å². The standard InChI is InChI=1S/C18H17ClN4O4/c19-15-7-3-13(4-8-15)12-21-22-17(24)2-1-11-20-18(25)14-5-9-16(10-6-14)23(26)27/h3-10,12H,1-2,11H2,(H,20,25)(H,22,24)/b21-12+. The van der Waals surface area contributed by atoms with Crippen molar-refractivity contribution in [1.29, 1.82) is 0 Å². The summed E-state index contributed by atoms with van der Waals surface area (Å²) in [5, 5.41) is 17.7. The number of nitrogens with one attached hydrogen (secondary N) is 2. The average molecular weight is 389 g/mol. The van der Waals surface area contributed by atoms with Crippen molar-refractivity contribution in [3.63, 3.8) is 0 Å². The highest BCUT2D eigenvalue weighted by Gasteiger charge is 2.09. The molecule has 140 valence electrons. The van der Waals surface area contributed by atoms with Gasteiger partial charge in [-0.2, -0.15) is 5.10 Å². The lowest BCUT2D eigenvalue weighted by Crippen LogP contribution is -2.26. The molecule has 2 aromatic rings. The molecule has 2 amide bonds. The van der Waals surface area contributed by atoms with Crippen molar-refractivity contribution in [2.24, 2.45) is 5.10 Å². The number of non-ortho nitro benzene ring substituents is 1. The maximum absolute atomic E-state index is 11.9. The summed E-state index contributed by atoms with van der Waals surface area (Å²) in [5.74, 6) is -0.629. The van der Waals surface area contributed by atoms with Gasteiger partial charge in [0.1, 0.15) is 0 Å². The molecular weight excluding hydrogens is 372 g/mol. The topological polar surface area (TPSA) is 114 Å². The first-order chi connectivity index (χ1) is 13.0. The van der Waals surface area contributed by atoms with Crippen LogP contribution in [0.2, 0.25) is 5.02 Å². The summed E-state index contributed by atoms with van der Waals surface area (Å²) >= 11 is 5.78. The average Bonchev–Trinajstić information content (AvgIpc) is 2.66. The fourth-order valence-corrected chi connectivity index (χ4v) is 2.20. The molecule has 0 fully saturated rings. The predicted octanol–water partition coefficient (Wildman–Crippen LogP) is 2.91. The van der Waals surface area contributed by atoms with Crippen LogP contribution in [-0.2, 0) is 4.79 Å². The van der Waals surface area contributed by atoms with E-state index in [2.05, 4.69) is 15.8 Å². The Kier molecular flexibility index (Phi) is 7.45. The quantitative estimate of drug-likeness (QED) is 0.313. The van der Waals surface area contributed by atoms with E-state index in [1.54, 1.807) is 24.3 Å². The van der Waals surface area contributed by atoms with Gasteiger partial charge in [-0.3, -0.25) is 19.7 Å². The number of hydrogen-bond acceptors (Lipinski definition) is 5. The number of amides is 2. The molecule has 2 N–H and O–H groups in total. The predicted molar refractivity (Wildman–Crippen MR) is 102 cm³/mol. The van der Waals surface area contributed by atoms with Crippen molar-refractivity contribution in [2.75, 3.05) is 6.54 Å². The fourth-order valence-electron chi connectivity index (χ4n) is 2.07. The van der Waals surface area contributed by atoms with Crippen LogP contribution in [0.5, 0.6) is 0 Å². The maximum atomic E-state index is 11.9. The largest absolute Gasteiger partial charge is 0.352 e. The smallest absolute Gasteiger partial charge is 0.269 e. The molecule has 8 nitrogen and oxygen atoms in total. The Labute approximate surface area is 160 Å². The third-order valence-electron chi connectivity index (χ3n) is 3.48. The number of rotatable bonds is 8. The van der Waals surface area contributed by atoms with Crippen molar-refractivity contribution < 1.29 is 14.5 Å². The van der Waals surface area contributed by atoms with Gasteiger partial charge in [-0.1, -0.05) is 23.7 Å². The molecule has 0 aliphatic carbocycles. The van der Waals surface area contributed by atoms with Gasteiger partial charge in [0.05, 0.1) is 11.1 Å². The number of hydrogen-bond donors (Lipinski definition) is 2. The second-order valence-electron chi connectivity index (χ2n) is 5.51. The van der Waals surface area contributed by atoms with Crippen molar-refractivity contribution in [1.82, 2.24) is 10.7 Å². The molecule has 0 saturated carbocycles. The molecule has 0 atom stereocenters. The lowest BCUT2D eigenvalue weighted by molar-refractivity contribution is -0.384. The fraction of sp³-hybridized carbons (Fsp3) is 0.167. The molecule has 0 spiro atoms. The van der Waals surface area contributed by atoms with Gasteiger partial charge >= 0.3 is 0 Å². The van der Waals surface area contributed by atoms with E-state index >= 15 is 0 Å². The monoisotopic (exact) mass is 388 g/mol. The van der Waals surface area contributed by atoms with Gasteiger partial charge < -0.3 is 5.32 Å². The number of hydrazone groups is 1. The summed E-state index contributed by atoms with van der Waals surface area (Å²) in [7, 11) is 0.